The van der Waals surface area contributed by atoms with Crippen molar-refractivity contribution in [1.29, 1.82) is 0 Å². The lowest BCUT2D eigenvalue weighted by molar-refractivity contribution is 0.0412. The molecule has 0 aliphatic carbocycles. The zero-order valence-electron chi connectivity index (χ0n) is 12.9. The Balaban J connectivity index is 0. The number of isocyanates is 1. The Morgan fingerprint density at radius 1 is 1.16 bits per heavy atom. The smallest absolute Gasteiger partial charge is 0.388 e. The number of ether oxygens (including phenoxy) is 1. The van der Waals surface area contributed by atoms with Gasteiger partial charge in [-0.2, -0.15) is 4.99 Å². The molecule has 0 spiro atoms. The second kappa shape index (κ2) is 13.9. The fourth-order valence-corrected chi connectivity index (χ4v) is 4.11. The number of nitrogens with zero attached hydrogens (tertiary/aromatic N) is 1. The second-order valence-electron chi connectivity index (χ2n) is 3.64. The summed E-state index contributed by atoms with van der Waals surface area (Å²) < 4.78 is 21.2. The van der Waals surface area contributed by atoms with Gasteiger partial charge in [-0.05, 0) is 20.8 Å². The summed E-state index contributed by atoms with van der Waals surface area (Å²) in [6.45, 7) is 8.57. The van der Waals surface area contributed by atoms with Gasteiger partial charge in [-0.25, -0.2) is 4.79 Å². The third kappa shape index (κ3) is 11.0. The average molecular weight is 293 g/mol. The van der Waals surface area contributed by atoms with Gasteiger partial charge in [0.1, 0.15) is 0 Å². The molecule has 0 aromatic carbocycles. The Kier molecular flexibility index (Phi) is 15.1. The van der Waals surface area contributed by atoms with Crippen molar-refractivity contribution in [3.63, 3.8) is 0 Å². The maximum absolute atomic E-state index is 10.1. The van der Waals surface area contributed by atoms with Crippen molar-refractivity contribution in [1.82, 2.24) is 0 Å². The molecule has 0 aromatic rings. The quantitative estimate of drug-likeness (QED) is 0.371. The summed E-state index contributed by atoms with van der Waals surface area (Å²) in [4.78, 5) is 13.6. The summed E-state index contributed by atoms with van der Waals surface area (Å²) in [5.74, 6) is 0. The van der Waals surface area contributed by atoms with Crippen LogP contribution in [0.5, 0.6) is 0 Å². The van der Waals surface area contributed by atoms with Crippen LogP contribution in [-0.4, -0.2) is 48.5 Å². The summed E-state index contributed by atoms with van der Waals surface area (Å²) in [5.41, 5.74) is 0. The van der Waals surface area contributed by atoms with Gasteiger partial charge in [0.05, 0.1) is 0 Å². The third-order valence-electron chi connectivity index (χ3n) is 1.87. The first-order chi connectivity index (χ1) is 9.05. The lowest BCUT2D eigenvalue weighted by Crippen LogP contribution is -2.47. The highest BCUT2D eigenvalue weighted by Crippen LogP contribution is 2.20. The van der Waals surface area contributed by atoms with Crippen molar-refractivity contribution in [3.05, 3.63) is 0 Å². The first kappa shape index (κ1) is 20.7. The van der Waals surface area contributed by atoms with Crippen molar-refractivity contribution in [2.24, 2.45) is 4.99 Å². The largest absolute Gasteiger partial charge is 0.502 e. The molecule has 114 valence electrons. The van der Waals surface area contributed by atoms with Gasteiger partial charge in [0.25, 0.3) is 0 Å². The van der Waals surface area contributed by atoms with E-state index in [4.69, 9.17) is 13.3 Å². The van der Waals surface area contributed by atoms with Crippen LogP contribution in [0.4, 0.5) is 0 Å². The Labute approximate surface area is 117 Å². The minimum atomic E-state index is -2.67. The molecule has 7 heteroatoms. The van der Waals surface area contributed by atoms with Crippen LogP contribution in [0.1, 0.15) is 34.1 Å². The van der Waals surface area contributed by atoms with E-state index in [1.54, 1.807) is 21.1 Å². The SMILES string of the molecule is CCC[Si](OCC)(OCC)OC(C)N=C=O.COC. The fraction of sp³-hybridized carbons (Fsp3) is 0.917. The van der Waals surface area contributed by atoms with Crippen LogP contribution in [0.3, 0.4) is 0 Å². The number of carbonyl (C=O) groups excluding carboxylic acids is 1. The topological polar surface area (TPSA) is 66.3 Å². The highest BCUT2D eigenvalue weighted by molar-refractivity contribution is 6.60. The van der Waals surface area contributed by atoms with Crippen molar-refractivity contribution < 1.29 is 22.8 Å². The van der Waals surface area contributed by atoms with E-state index < -0.39 is 15.0 Å². The highest BCUT2D eigenvalue weighted by atomic mass is 28.4. The zero-order valence-corrected chi connectivity index (χ0v) is 13.9. The molecule has 0 radical (unpaired) electrons. The van der Waals surface area contributed by atoms with Gasteiger partial charge < -0.3 is 18.0 Å². The van der Waals surface area contributed by atoms with Gasteiger partial charge in [-0.1, -0.05) is 13.3 Å². The molecule has 0 rings (SSSR count). The predicted molar refractivity (Wildman–Crippen MR) is 75.7 cm³/mol. The Hall–Kier alpha value is -0.563. The molecule has 0 N–H and O–H groups in total. The van der Waals surface area contributed by atoms with Crippen molar-refractivity contribution in [2.75, 3.05) is 27.4 Å². The first-order valence-corrected chi connectivity index (χ1v) is 8.41. The molecule has 19 heavy (non-hydrogen) atoms. The average Bonchev–Trinajstić information content (AvgIpc) is 2.31. The number of methoxy groups -OCH3 is 1. The molecule has 0 heterocycles. The predicted octanol–water partition coefficient (Wildman–Crippen LogP) is 2.37. The van der Waals surface area contributed by atoms with E-state index in [2.05, 4.69) is 9.73 Å². The molecule has 0 saturated carbocycles. The third-order valence-corrected chi connectivity index (χ3v) is 5.14. The Morgan fingerprint density at radius 3 is 1.95 bits per heavy atom. The second-order valence-corrected chi connectivity index (χ2v) is 6.32. The lowest BCUT2D eigenvalue weighted by atomic mass is 10.6. The minimum Gasteiger partial charge on any atom is -0.388 e. The summed E-state index contributed by atoms with van der Waals surface area (Å²) in [5, 5.41) is 0. The maximum atomic E-state index is 10.1. The van der Waals surface area contributed by atoms with Crippen LogP contribution >= 0.6 is 0 Å². The van der Waals surface area contributed by atoms with Gasteiger partial charge >= 0.3 is 8.80 Å². The van der Waals surface area contributed by atoms with Crippen LogP contribution in [0, 0.1) is 0 Å². The molecular formula is C12H27NO5Si. The van der Waals surface area contributed by atoms with Crippen molar-refractivity contribution >= 4 is 14.9 Å². The molecule has 0 aliphatic rings. The molecule has 0 amide bonds. The molecule has 0 aromatic heterocycles. The Bertz CT molecular complexity index is 229. The van der Waals surface area contributed by atoms with Gasteiger partial charge in [-0.15, -0.1) is 0 Å². The summed E-state index contributed by atoms with van der Waals surface area (Å²) >= 11 is 0. The van der Waals surface area contributed by atoms with Gasteiger partial charge in [0, 0.05) is 33.5 Å². The molecular weight excluding hydrogens is 266 g/mol. The summed E-state index contributed by atoms with van der Waals surface area (Å²) in [7, 11) is 0.582. The van der Waals surface area contributed by atoms with Crippen LogP contribution in [0.25, 0.3) is 0 Å². The molecule has 0 fully saturated rings. The van der Waals surface area contributed by atoms with Crippen LogP contribution in [-0.2, 0) is 22.8 Å². The van der Waals surface area contributed by atoms with Gasteiger partial charge in [-0.3, -0.25) is 0 Å². The van der Waals surface area contributed by atoms with Crippen molar-refractivity contribution in [2.45, 2.75) is 46.4 Å². The minimum absolute atomic E-state index is 0.531. The molecule has 1 unspecified atom stereocenters. The summed E-state index contributed by atoms with van der Waals surface area (Å²) in [6, 6.07) is 0.730. The molecule has 0 aliphatic heterocycles. The first-order valence-electron chi connectivity index (χ1n) is 6.48. The van der Waals surface area contributed by atoms with E-state index in [0.717, 1.165) is 12.5 Å². The fourth-order valence-electron chi connectivity index (χ4n) is 1.42. The van der Waals surface area contributed by atoms with E-state index in [9.17, 15) is 4.79 Å². The Morgan fingerprint density at radius 2 is 1.63 bits per heavy atom. The normalized spacial score (nSPS) is 12.1. The van der Waals surface area contributed by atoms with E-state index in [-0.39, 0.29) is 0 Å². The highest BCUT2D eigenvalue weighted by Gasteiger charge is 2.41. The van der Waals surface area contributed by atoms with Gasteiger partial charge in [0.2, 0.25) is 6.08 Å². The van der Waals surface area contributed by atoms with Crippen LogP contribution in [0.2, 0.25) is 6.04 Å². The monoisotopic (exact) mass is 293 g/mol. The molecule has 6 nitrogen and oxygen atoms in total. The van der Waals surface area contributed by atoms with Gasteiger partial charge in [0.15, 0.2) is 6.23 Å². The standard InChI is InChI=1S/C10H21NO4Si.C2H6O/c1-5-8-16(13-6-2,14-7-3)15-10(4)11-9-12;1-3-2/h10H,5-8H2,1-4H3;1-2H3. The number of hydrogen-bond acceptors (Lipinski definition) is 6. The van der Waals surface area contributed by atoms with E-state index in [1.165, 1.54) is 6.08 Å². The van der Waals surface area contributed by atoms with E-state index in [1.807, 2.05) is 20.8 Å². The number of hydrogen-bond donors (Lipinski definition) is 0. The maximum Gasteiger partial charge on any atom is 0.502 e. The van der Waals surface area contributed by atoms with Crippen LogP contribution in [0.15, 0.2) is 4.99 Å². The van der Waals surface area contributed by atoms with Crippen LogP contribution < -0.4 is 0 Å². The lowest BCUT2D eigenvalue weighted by Gasteiger charge is -2.29. The van der Waals surface area contributed by atoms with E-state index >= 15 is 0 Å². The molecule has 0 saturated heterocycles. The van der Waals surface area contributed by atoms with E-state index in [0.29, 0.717) is 13.2 Å². The molecule has 1 atom stereocenters. The zero-order chi connectivity index (χ0) is 15.1. The molecule has 0 bridgehead atoms. The number of aliphatic imine (C=N–C) groups is 1. The number of rotatable bonds is 9. The summed E-state index contributed by atoms with van der Waals surface area (Å²) in [6.07, 6.45) is 1.82. The van der Waals surface area contributed by atoms with Crippen molar-refractivity contribution in [3.8, 4) is 0 Å².